The van der Waals surface area contributed by atoms with Crippen LogP contribution >= 0.6 is 23.5 Å². The van der Waals surface area contributed by atoms with Crippen LogP contribution in [0.2, 0.25) is 0 Å². The summed E-state index contributed by atoms with van der Waals surface area (Å²) in [4.78, 5) is 17.0. The predicted octanol–water partition coefficient (Wildman–Crippen LogP) is 2.97. The maximum Gasteiger partial charge on any atom is 0.321 e. The summed E-state index contributed by atoms with van der Waals surface area (Å²) in [6, 6.07) is 0. The lowest BCUT2D eigenvalue weighted by Crippen LogP contribution is -2.35. The maximum atomic E-state index is 12.4. The van der Waals surface area contributed by atoms with Crippen LogP contribution in [0.4, 0.5) is 0 Å². The summed E-state index contributed by atoms with van der Waals surface area (Å²) in [7, 11) is 0. The largest absolute Gasteiger partial charge is 0.465 e. The highest BCUT2D eigenvalue weighted by Crippen LogP contribution is 2.43. The van der Waals surface area contributed by atoms with Crippen molar-refractivity contribution in [2.24, 2.45) is 0 Å². The molecule has 1 aliphatic carbocycles. The van der Waals surface area contributed by atoms with Gasteiger partial charge in [0.25, 0.3) is 0 Å². The first-order chi connectivity index (χ1) is 10.3. The van der Waals surface area contributed by atoms with Crippen molar-refractivity contribution in [2.75, 3.05) is 23.9 Å². The molecular weight excluding hydrogens is 308 g/mol. The molecule has 116 valence electrons. The molecule has 2 fully saturated rings. The molecule has 1 aromatic rings. The topological polar surface area (TPSA) is 65.2 Å². The smallest absolute Gasteiger partial charge is 0.321 e. The first-order valence-corrected chi connectivity index (χ1v) is 9.67. The molecule has 2 heterocycles. The third-order valence-corrected chi connectivity index (χ3v) is 6.83. The Labute approximate surface area is 133 Å². The van der Waals surface area contributed by atoms with Gasteiger partial charge < -0.3 is 9.26 Å². The molecule has 0 spiro atoms. The van der Waals surface area contributed by atoms with Gasteiger partial charge >= 0.3 is 5.97 Å². The second-order valence-electron chi connectivity index (χ2n) is 5.40. The van der Waals surface area contributed by atoms with Gasteiger partial charge in [-0.25, -0.2) is 0 Å². The van der Waals surface area contributed by atoms with Gasteiger partial charge in [-0.3, -0.25) is 4.79 Å². The molecule has 1 unspecified atom stereocenters. The normalized spacial score (nSPS) is 24.9. The number of hydrogen-bond donors (Lipinski definition) is 0. The number of rotatable bonds is 4. The van der Waals surface area contributed by atoms with E-state index in [1.54, 1.807) is 0 Å². The molecular formula is C14H20N2O3S2. The number of nitrogens with zero attached hydrogens (tertiary/aromatic N) is 2. The van der Waals surface area contributed by atoms with Crippen LogP contribution in [0, 0.1) is 0 Å². The number of ether oxygens (including phenoxy) is 1. The molecule has 0 N–H and O–H groups in total. The fraction of sp³-hybridized carbons (Fsp3) is 0.786. The SMILES string of the molecule is CCOC(=O)C1(c2nc(C3CSCCS3)no2)CCCC1. The van der Waals surface area contributed by atoms with Gasteiger partial charge in [-0.05, 0) is 19.8 Å². The highest BCUT2D eigenvalue weighted by molar-refractivity contribution is 8.06. The summed E-state index contributed by atoms with van der Waals surface area (Å²) in [5.41, 5.74) is -0.701. The molecule has 1 saturated heterocycles. The zero-order valence-corrected chi connectivity index (χ0v) is 13.8. The van der Waals surface area contributed by atoms with Crippen LogP contribution in [-0.2, 0) is 14.9 Å². The van der Waals surface area contributed by atoms with Gasteiger partial charge in [0.15, 0.2) is 5.82 Å². The Balaban J connectivity index is 1.83. The molecule has 3 rings (SSSR count). The molecule has 0 bridgehead atoms. The van der Waals surface area contributed by atoms with E-state index in [9.17, 15) is 4.79 Å². The molecule has 0 radical (unpaired) electrons. The first-order valence-electron chi connectivity index (χ1n) is 7.47. The molecule has 7 heteroatoms. The highest BCUT2D eigenvalue weighted by Gasteiger charge is 2.49. The van der Waals surface area contributed by atoms with Crippen molar-refractivity contribution in [3.63, 3.8) is 0 Å². The number of hydrogen-bond acceptors (Lipinski definition) is 7. The lowest BCUT2D eigenvalue weighted by Gasteiger charge is -2.22. The van der Waals surface area contributed by atoms with Crippen molar-refractivity contribution >= 4 is 29.5 Å². The van der Waals surface area contributed by atoms with Crippen molar-refractivity contribution in [3.8, 4) is 0 Å². The average molecular weight is 328 g/mol. The first kappa shape index (κ1) is 15.2. The number of carbonyl (C=O) groups is 1. The standard InChI is InChI=1S/C14H20N2O3S2/c1-2-18-13(17)14(5-3-4-6-14)12-15-11(16-19-12)10-9-20-7-8-21-10/h10H,2-9H2,1H3. The van der Waals surface area contributed by atoms with Crippen molar-refractivity contribution in [1.29, 1.82) is 0 Å². The van der Waals surface area contributed by atoms with E-state index in [1.807, 2.05) is 30.4 Å². The van der Waals surface area contributed by atoms with Gasteiger partial charge in [-0.1, -0.05) is 18.0 Å². The minimum atomic E-state index is -0.701. The molecule has 21 heavy (non-hydrogen) atoms. The van der Waals surface area contributed by atoms with E-state index in [2.05, 4.69) is 10.1 Å². The van der Waals surface area contributed by atoms with Gasteiger partial charge in [0.05, 0.1) is 11.9 Å². The van der Waals surface area contributed by atoms with Crippen LogP contribution in [0.5, 0.6) is 0 Å². The second-order valence-corrected chi connectivity index (χ2v) is 7.86. The number of carbonyl (C=O) groups excluding carboxylic acids is 1. The Hall–Kier alpha value is -0.690. The highest BCUT2D eigenvalue weighted by atomic mass is 32.2. The van der Waals surface area contributed by atoms with Gasteiger partial charge in [0.2, 0.25) is 5.89 Å². The van der Waals surface area contributed by atoms with Gasteiger partial charge in [-0.2, -0.15) is 16.7 Å². The fourth-order valence-electron chi connectivity index (χ4n) is 2.95. The Kier molecular flexibility index (Phi) is 4.78. The lowest BCUT2D eigenvalue weighted by molar-refractivity contribution is -0.151. The summed E-state index contributed by atoms with van der Waals surface area (Å²) in [5, 5.41) is 4.42. The van der Waals surface area contributed by atoms with Gasteiger partial charge in [-0.15, -0.1) is 11.8 Å². The van der Waals surface area contributed by atoms with E-state index in [-0.39, 0.29) is 11.2 Å². The molecule has 1 atom stereocenters. The van der Waals surface area contributed by atoms with E-state index in [1.165, 1.54) is 5.75 Å². The van der Waals surface area contributed by atoms with Crippen LogP contribution in [0.1, 0.15) is 49.6 Å². The summed E-state index contributed by atoms with van der Waals surface area (Å²) in [5.74, 6) is 4.29. The van der Waals surface area contributed by atoms with Crippen LogP contribution < -0.4 is 0 Å². The molecule has 1 aliphatic heterocycles. The van der Waals surface area contributed by atoms with Crippen molar-refractivity contribution in [2.45, 2.75) is 43.3 Å². The Bertz CT molecular complexity index is 494. The summed E-state index contributed by atoms with van der Waals surface area (Å²) >= 11 is 3.79. The average Bonchev–Trinajstić information content (AvgIpc) is 3.18. The van der Waals surface area contributed by atoms with Gasteiger partial charge in [0, 0.05) is 17.3 Å². The van der Waals surface area contributed by atoms with E-state index < -0.39 is 5.41 Å². The zero-order chi connectivity index (χ0) is 14.7. The van der Waals surface area contributed by atoms with Crippen molar-refractivity contribution < 1.29 is 14.1 Å². The second kappa shape index (κ2) is 6.60. The number of thioether (sulfide) groups is 2. The summed E-state index contributed by atoms with van der Waals surface area (Å²) < 4.78 is 10.8. The minimum absolute atomic E-state index is 0.205. The lowest BCUT2D eigenvalue weighted by atomic mass is 9.86. The van der Waals surface area contributed by atoms with E-state index >= 15 is 0 Å². The third-order valence-electron chi connectivity index (χ3n) is 4.08. The molecule has 1 saturated carbocycles. The zero-order valence-electron chi connectivity index (χ0n) is 12.2. The van der Waals surface area contributed by atoms with Crippen LogP contribution in [-0.4, -0.2) is 40.0 Å². The predicted molar refractivity (Wildman–Crippen MR) is 83.6 cm³/mol. The Morgan fingerprint density at radius 3 is 2.90 bits per heavy atom. The van der Waals surface area contributed by atoms with E-state index in [4.69, 9.17) is 9.26 Å². The summed E-state index contributed by atoms with van der Waals surface area (Å²) in [6.45, 7) is 2.21. The van der Waals surface area contributed by atoms with E-state index in [0.29, 0.717) is 12.5 Å². The van der Waals surface area contributed by atoms with Crippen LogP contribution in [0.25, 0.3) is 0 Å². The van der Waals surface area contributed by atoms with E-state index in [0.717, 1.165) is 43.0 Å². The van der Waals surface area contributed by atoms with Crippen LogP contribution in [0.15, 0.2) is 4.52 Å². The quantitative estimate of drug-likeness (QED) is 0.787. The maximum absolute atomic E-state index is 12.4. The van der Waals surface area contributed by atoms with Crippen molar-refractivity contribution in [3.05, 3.63) is 11.7 Å². The fourth-order valence-corrected chi connectivity index (χ4v) is 5.54. The van der Waals surface area contributed by atoms with Gasteiger partial charge in [0.1, 0.15) is 5.41 Å². The molecule has 0 amide bonds. The Morgan fingerprint density at radius 2 is 2.24 bits per heavy atom. The molecule has 0 aromatic carbocycles. The van der Waals surface area contributed by atoms with Crippen molar-refractivity contribution in [1.82, 2.24) is 10.1 Å². The molecule has 1 aromatic heterocycles. The molecule has 2 aliphatic rings. The number of esters is 1. The van der Waals surface area contributed by atoms with Crippen LogP contribution in [0.3, 0.4) is 0 Å². The summed E-state index contributed by atoms with van der Waals surface area (Å²) in [6.07, 6.45) is 3.51. The Morgan fingerprint density at radius 1 is 1.43 bits per heavy atom. The monoisotopic (exact) mass is 328 g/mol. The third kappa shape index (κ3) is 2.95. The molecule has 5 nitrogen and oxygen atoms in total. The minimum Gasteiger partial charge on any atom is -0.465 e. The number of aromatic nitrogens is 2.